The molecule has 0 saturated carbocycles. The highest BCUT2D eigenvalue weighted by atomic mass is 15.1. The first-order chi connectivity index (χ1) is 30.5. The number of para-hydroxylation sites is 1. The van der Waals surface area contributed by atoms with Gasteiger partial charge in [-0.15, -0.1) is 0 Å². The Morgan fingerprint density at radius 1 is 0.290 bits per heavy atom. The van der Waals surface area contributed by atoms with Crippen LogP contribution in [0.15, 0.2) is 237 Å². The van der Waals surface area contributed by atoms with Gasteiger partial charge in [-0.1, -0.05) is 208 Å². The Morgan fingerprint density at radius 3 is 1.47 bits per heavy atom. The van der Waals surface area contributed by atoms with Gasteiger partial charge < -0.3 is 4.90 Å². The fraction of sp³-hybridized carbons (Fsp3) is 0.0492. The largest absolute Gasteiger partial charge is 0.310 e. The van der Waals surface area contributed by atoms with E-state index >= 15 is 0 Å². The summed E-state index contributed by atoms with van der Waals surface area (Å²) < 4.78 is 0. The molecule has 0 aliphatic heterocycles. The van der Waals surface area contributed by atoms with E-state index in [1.807, 2.05) is 0 Å². The van der Waals surface area contributed by atoms with Crippen LogP contribution >= 0.6 is 0 Å². The second-order valence-electron chi connectivity index (χ2n) is 16.9. The maximum Gasteiger partial charge on any atom is 0.0540 e. The molecule has 0 amide bonds. The summed E-state index contributed by atoms with van der Waals surface area (Å²) in [6.45, 7) is 4.70. The summed E-state index contributed by atoms with van der Waals surface area (Å²) in [5.41, 5.74) is 20.8. The smallest absolute Gasteiger partial charge is 0.0540 e. The minimum Gasteiger partial charge on any atom is -0.310 e. The van der Waals surface area contributed by atoms with Gasteiger partial charge in [0.1, 0.15) is 0 Å². The summed E-state index contributed by atoms with van der Waals surface area (Å²) in [7, 11) is 0. The van der Waals surface area contributed by atoms with Crippen LogP contribution in [0, 0.1) is 0 Å². The fourth-order valence-corrected chi connectivity index (χ4v) is 9.65. The lowest BCUT2D eigenvalue weighted by Crippen LogP contribution is -2.14. The zero-order valence-electron chi connectivity index (χ0n) is 35.0. The summed E-state index contributed by atoms with van der Waals surface area (Å²) in [4.78, 5) is 2.41. The van der Waals surface area contributed by atoms with Gasteiger partial charge in [0.15, 0.2) is 0 Å². The Bertz CT molecular complexity index is 3230. The molecule has 0 fully saturated rings. The van der Waals surface area contributed by atoms with Gasteiger partial charge in [0.25, 0.3) is 0 Å². The minimum absolute atomic E-state index is 0.0505. The van der Waals surface area contributed by atoms with E-state index in [1.54, 1.807) is 0 Å². The van der Waals surface area contributed by atoms with Gasteiger partial charge in [-0.05, 0) is 126 Å². The quantitative estimate of drug-likeness (QED) is 0.148. The topological polar surface area (TPSA) is 3.24 Å². The van der Waals surface area contributed by atoms with E-state index in [2.05, 4.69) is 255 Å². The third-order valence-corrected chi connectivity index (χ3v) is 12.9. The van der Waals surface area contributed by atoms with Crippen molar-refractivity contribution in [1.29, 1.82) is 0 Å². The number of benzene rings is 10. The maximum atomic E-state index is 2.41. The summed E-state index contributed by atoms with van der Waals surface area (Å²) in [5.74, 6) is 0. The van der Waals surface area contributed by atoms with E-state index in [9.17, 15) is 0 Å². The summed E-state index contributed by atoms with van der Waals surface area (Å²) >= 11 is 0. The second kappa shape index (κ2) is 15.4. The van der Waals surface area contributed by atoms with Crippen molar-refractivity contribution in [3.05, 3.63) is 248 Å². The molecular weight excluding hydrogens is 747 g/mol. The van der Waals surface area contributed by atoms with Crippen LogP contribution < -0.4 is 4.90 Å². The van der Waals surface area contributed by atoms with Gasteiger partial charge in [0, 0.05) is 22.4 Å². The number of fused-ring (bicyclic) bond motifs is 4. The molecule has 0 radical (unpaired) electrons. The molecule has 294 valence electrons. The fourth-order valence-electron chi connectivity index (χ4n) is 9.65. The lowest BCUT2D eigenvalue weighted by atomic mass is 9.82. The Kier molecular flexibility index (Phi) is 9.24. The number of anilines is 3. The molecule has 0 bridgehead atoms. The van der Waals surface area contributed by atoms with Crippen LogP contribution in [-0.4, -0.2) is 0 Å². The SMILES string of the molecule is CC1(C)c2ccccc2-c2c(-c3ccc(N(c4ccc(-c5cccc(-c6ccccc6)c5)cc4)c4ccccc4-c4ccc(-c5ccc6ccccc6c5)cc4)cc3)cccc21. The third kappa shape index (κ3) is 6.60. The molecule has 0 N–H and O–H groups in total. The Morgan fingerprint density at radius 2 is 0.742 bits per heavy atom. The maximum absolute atomic E-state index is 2.41. The molecule has 1 aliphatic carbocycles. The van der Waals surface area contributed by atoms with Gasteiger partial charge in [-0.3, -0.25) is 0 Å². The predicted molar refractivity (Wildman–Crippen MR) is 263 cm³/mol. The van der Waals surface area contributed by atoms with Crippen LogP contribution in [-0.2, 0) is 5.41 Å². The number of hydrogen-bond acceptors (Lipinski definition) is 1. The molecule has 0 saturated heterocycles. The standard InChI is InChI=1S/C61H45N/c1-61(2)57-23-10-8-21-56(57)60-55(22-13-24-58(60)61)47-34-38-53(39-35-47)62(52-36-32-45(33-37-52)50-19-12-18-49(40-50)42-14-4-3-5-15-42)59-25-11-9-20-54(59)46-29-26-44(27-30-46)51-31-28-43-16-6-7-17-48(43)41-51/h3-41H,1-2H3. The van der Waals surface area contributed by atoms with E-state index in [4.69, 9.17) is 0 Å². The first-order valence-corrected chi connectivity index (χ1v) is 21.6. The van der Waals surface area contributed by atoms with Crippen LogP contribution in [0.2, 0.25) is 0 Å². The molecule has 11 rings (SSSR count). The lowest BCUT2D eigenvalue weighted by molar-refractivity contribution is 0.660. The molecule has 10 aromatic carbocycles. The monoisotopic (exact) mass is 791 g/mol. The second-order valence-corrected chi connectivity index (χ2v) is 16.9. The number of nitrogens with zero attached hydrogens (tertiary/aromatic N) is 1. The highest BCUT2D eigenvalue weighted by molar-refractivity contribution is 5.94. The van der Waals surface area contributed by atoms with Gasteiger partial charge in [0.05, 0.1) is 5.69 Å². The summed E-state index contributed by atoms with van der Waals surface area (Å²) in [6, 6.07) is 86.5. The van der Waals surface area contributed by atoms with Crippen molar-refractivity contribution in [1.82, 2.24) is 0 Å². The minimum atomic E-state index is -0.0505. The lowest BCUT2D eigenvalue weighted by Gasteiger charge is -2.28. The predicted octanol–water partition coefficient (Wildman–Crippen LogP) is 17.0. The molecule has 1 aliphatic rings. The summed E-state index contributed by atoms with van der Waals surface area (Å²) in [6.07, 6.45) is 0. The Hall–Kier alpha value is -7.74. The van der Waals surface area contributed by atoms with Gasteiger partial charge in [-0.25, -0.2) is 0 Å². The first kappa shape index (κ1) is 37.3. The van der Waals surface area contributed by atoms with Gasteiger partial charge >= 0.3 is 0 Å². The first-order valence-electron chi connectivity index (χ1n) is 21.6. The van der Waals surface area contributed by atoms with E-state index in [0.717, 1.165) is 17.1 Å². The van der Waals surface area contributed by atoms with Crippen LogP contribution in [0.4, 0.5) is 17.1 Å². The Labute approximate surface area is 364 Å². The normalized spacial score (nSPS) is 12.5. The van der Waals surface area contributed by atoms with E-state index < -0.39 is 0 Å². The average molecular weight is 792 g/mol. The van der Waals surface area contributed by atoms with Crippen LogP contribution in [0.1, 0.15) is 25.0 Å². The number of hydrogen-bond donors (Lipinski definition) is 0. The third-order valence-electron chi connectivity index (χ3n) is 12.9. The van der Waals surface area contributed by atoms with Gasteiger partial charge in [0.2, 0.25) is 0 Å². The van der Waals surface area contributed by atoms with Crippen LogP contribution in [0.25, 0.3) is 77.5 Å². The van der Waals surface area contributed by atoms with Crippen molar-refractivity contribution >= 4 is 27.8 Å². The number of rotatable bonds is 8. The zero-order valence-corrected chi connectivity index (χ0v) is 35.0. The molecule has 0 spiro atoms. The molecule has 1 nitrogen and oxygen atoms in total. The van der Waals surface area contributed by atoms with Crippen LogP contribution in [0.5, 0.6) is 0 Å². The molecule has 10 aromatic rings. The van der Waals surface area contributed by atoms with Crippen molar-refractivity contribution < 1.29 is 0 Å². The van der Waals surface area contributed by atoms with E-state index in [-0.39, 0.29) is 5.41 Å². The van der Waals surface area contributed by atoms with E-state index in [1.165, 1.54) is 88.7 Å². The van der Waals surface area contributed by atoms with E-state index in [0.29, 0.717) is 0 Å². The molecular formula is C61H45N. The van der Waals surface area contributed by atoms with Crippen molar-refractivity contribution in [2.75, 3.05) is 4.90 Å². The van der Waals surface area contributed by atoms with Crippen molar-refractivity contribution in [2.24, 2.45) is 0 Å². The average Bonchev–Trinajstić information content (AvgIpc) is 3.58. The molecule has 0 atom stereocenters. The molecule has 0 aromatic heterocycles. The van der Waals surface area contributed by atoms with Crippen molar-refractivity contribution in [3.8, 4) is 66.8 Å². The molecule has 1 heteroatoms. The highest BCUT2D eigenvalue weighted by Crippen LogP contribution is 2.52. The van der Waals surface area contributed by atoms with Crippen molar-refractivity contribution in [3.63, 3.8) is 0 Å². The highest BCUT2D eigenvalue weighted by Gasteiger charge is 2.36. The van der Waals surface area contributed by atoms with Crippen LogP contribution in [0.3, 0.4) is 0 Å². The molecule has 0 heterocycles. The van der Waals surface area contributed by atoms with Gasteiger partial charge in [-0.2, -0.15) is 0 Å². The Balaban J connectivity index is 0.997. The van der Waals surface area contributed by atoms with Crippen molar-refractivity contribution in [2.45, 2.75) is 19.3 Å². The summed E-state index contributed by atoms with van der Waals surface area (Å²) in [5, 5.41) is 2.51. The molecule has 62 heavy (non-hydrogen) atoms. The zero-order chi connectivity index (χ0) is 41.6. The molecule has 0 unspecified atom stereocenters.